The zero-order valence-corrected chi connectivity index (χ0v) is 53.1. The van der Waals surface area contributed by atoms with Crippen LogP contribution in [0.4, 0.5) is 0 Å². The van der Waals surface area contributed by atoms with Crippen molar-refractivity contribution in [3.63, 3.8) is 0 Å². The number of pyridine rings is 2. The van der Waals surface area contributed by atoms with E-state index in [2.05, 4.69) is 225 Å². The van der Waals surface area contributed by atoms with E-state index >= 15 is 0 Å². The Labute approximate surface area is 516 Å². The minimum atomic E-state index is 0.564. The number of hydrogen-bond acceptors (Lipinski definition) is 6. The summed E-state index contributed by atoms with van der Waals surface area (Å²) in [7, 11) is 0. The van der Waals surface area contributed by atoms with Crippen molar-refractivity contribution in [2.75, 3.05) is 26.4 Å². The molecule has 0 N–H and O–H groups in total. The molecule has 9 rings (SSSR count). The summed E-state index contributed by atoms with van der Waals surface area (Å²) in [4.78, 5) is 11.1. The van der Waals surface area contributed by atoms with Gasteiger partial charge in [0.1, 0.15) is 23.0 Å². The molecule has 0 radical (unpaired) electrons. The summed E-state index contributed by atoms with van der Waals surface area (Å²) in [5.74, 6) is 5.88. The van der Waals surface area contributed by atoms with Crippen LogP contribution in [-0.2, 0) is 0 Å². The first kappa shape index (κ1) is 63.1. The van der Waals surface area contributed by atoms with Gasteiger partial charge >= 0.3 is 0 Å². The summed E-state index contributed by atoms with van der Waals surface area (Å²) < 4.78 is 25.6. The number of rotatable bonds is 34. The minimum Gasteiger partial charge on any atom is -0.493 e. The van der Waals surface area contributed by atoms with Crippen molar-refractivity contribution in [3.05, 3.63) is 170 Å². The first-order chi connectivity index (χ1) is 42.2. The van der Waals surface area contributed by atoms with Gasteiger partial charge in [0.2, 0.25) is 0 Å². The number of nitrogens with zero attached hydrogens (tertiary/aromatic N) is 2. The second-order valence-electron chi connectivity index (χ2n) is 24.2. The van der Waals surface area contributed by atoms with Gasteiger partial charge in [-0.25, -0.2) is 9.97 Å². The highest BCUT2D eigenvalue weighted by atomic mass is 16.5. The lowest BCUT2D eigenvalue weighted by Gasteiger charge is -2.17. The Morgan fingerprint density at radius 2 is 0.500 bits per heavy atom. The Morgan fingerprint density at radius 3 is 0.733 bits per heavy atom. The monoisotopic (exact) mass is 1150 g/mol. The summed E-state index contributed by atoms with van der Waals surface area (Å²) in [6.07, 6.45) is 19.1. The number of hydrogen-bond donors (Lipinski definition) is 0. The number of aromatic nitrogens is 2. The highest BCUT2D eigenvalue weighted by Crippen LogP contribution is 2.38. The molecule has 0 bridgehead atoms. The van der Waals surface area contributed by atoms with Gasteiger partial charge in [-0.2, -0.15) is 0 Å². The minimum absolute atomic E-state index is 0.564. The normalized spacial score (nSPS) is 12.9. The SMILES string of the molecule is CCCCC(CC)COc1ccc(-c2cc(-c3ccc(OCC(CC)CCCC)cc3)cc(-c3ccc4ccc5ccc(-c6cc(-c7ccc(OCC(CC)CCCC)cc7)cc(-c7ccc(OCC(CC)CCCC)cc7)c6)nc5c4n3)c2)cc1. The number of benzene rings is 7. The fourth-order valence-corrected chi connectivity index (χ4v) is 11.7. The summed E-state index contributed by atoms with van der Waals surface area (Å²) in [5.41, 5.74) is 14.5. The lowest BCUT2D eigenvalue weighted by Crippen LogP contribution is -2.11. The molecule has 2 heterocycles. The third kappa shape index (κ3) is 17.2. The summed E-state index contributed by atoms with van der Waals surface area (Å²) in [6.45, 7) is 21.1. The van der Waals surface area contributed by atoms with E-state index in [0.717, 1.165) is 164 Å². The zero-order chi connectivity index (χ0) is 60.0. The molecule has 0 spiro atoms. The maximum absolute atomic E-state index is 6.39. The summed E-state index contributed by atoms with van der Waals surface area (Å²) in [5, 5.41) is 2.08. The van der Waals surface area contributed by atoms with E-state index in [4.69, 9.17) is 28.9 Å². The second kappa shape index (κ2) is 32.3. The van der Waals surface area contributed by atoms with Crippen LogP contribution in [0, 0.1) is 23.7 Å². The molecule has 9 aromatic rings. The molecule has 0 fully saturated rings. The van der Waals surface area contributed by atoms with Crippen LogP contribution in [0.2, 0.25) is 0 Å². The molecule has 6 nitrogen and oxygen atoms in total. The Morgan fingerprint density at radius 1 is 0.267 bits per heavy atom. The van der Waals surface area contributed by atoms with Crippen molar-refractivity contribution in [3.8, 4) is 90.0 Å². The standard InChI is InChI=1S/C80H96N2O4/c1-9-17-21-57(13-5)53-83-73-37-27-61(28-38-73)67-47-68(62-29-39-74(40-30-62)84-54-58(14-6)22-18-10-2)50-71(49-67)77-45-35-65-25-26-66-36-46-78(82-80(66)79(65)81-77)72-51-69(63-31-41-75(42-32-63)85-55-59(15-7)23-19-11-3)48-70(52-72)64-33-43-76(44-34-64)86-56-60(16-8)24-20-12-4/h25-52,57-60H,9-24,53-56H2,1-8H3. The van der Waals surface area contributed by atoms with Crippen LogP contribution < -0.4 is 18.9 Å². The van der Waals surface area contributed by atoms with Crippen LogP contribution in [0.1, 0.15) is 158 Å². The van der Waals surface area contributed by atoms with Crippen LogP contribution in [0.15, 0.2) is 170 Å². The van der Waals surface area contributed by atoms with Crippen LogP contribution >= 0.6 is 0 Å². The highest BCUT2D eigenvalue weighted by Gasteiger charge is 2.17. The van der Waals surface area contributed by atoms with Crippen LogP contribution in [0.25, 0.3) is 88.8 Å². The largest absolute Gasteiger partial charge is 0.493 e. The molecule has 0 aliphatic carbocycles. The van der Waals surface area contributed by atoms with Gasteiger partial charge in [-0.3, -0.25) is 0 Å². The number of unbranched alkanes of at least 4 members (excludes halogenated alkanes) is 4. The molecule has 4 unspecified atom stereocenters. The molecule has 0 saturated carbocycles. The van der Waals surface area contributed by atoms with Crippen LogP contribution in [-0.4, -0.2) is 36.4 Å². The molecule has 450 valence electrons. The second-order valence-corrected chi connectivity index (χ2v) is 24.2. The quantitative estimate of drug-likeness (QED) is 0.0375. The molecular weight excluding hydrogens is 1050 g/mol. The number of fused-ring (bicyclic) bond motifs is 3. The van der Waals surface area contributed by atoms with Crippen molar-refractivity contribution >= 4 is 21.8 Å². The molecule has 0 amide bonds. The Hall–Kier alpha value is -7.44. The average molecular weight is 1150 g/mol. The van der Waals surface area contributed by atoms with Crippen LogP contribution in [0.5, 0.6) is 23.0 Å². The van der Waals surface area contributed by atoms with Crippen LogP contribution in [0.3, 0.4) is 0 Å². The van der Waals surface area contributed by atoms with Gasteiger partial charge in [0.15, 0.2) is 0 Å². The Balaban J connectivity index is 1.07. The average Bonchev–Trinajstić information content (AvgIpc) is 1.52. The zero-order valence-electron chi connectivity index (χ0n) is 53.1. The Kier molecular flexibility index (Phi) is 23.7. The van der Waals surface area contributed by atoms with Crippen molar-refractivity contribution < 1.29 is 18.9 Å². The van der Waals surface area contributed by atoms with Crippen molar-refractivity contribution in [2.45, 2.75) is 158 Å². The molecule has 4 atom stereocenters. The lowest BCUT2D eigenvalue weighted by atomic mass is 9.94. The van der Waals surface area contributed by atoms with E-state index in [1.807, 2.05) is 0 Å². The maximum atomic E-state index is 6.39. The van der Waals surface area contributed by atoms with Gasteiger partial charge in [-0.05, 0) is 191 Å². The molecule has 6 heteroatoms. The van der Waals surface area contributed by atoms with Gasteiger partial charge in [-0.1, -0.05) is 205 Å². The smallest absolute Gasteiger partial charge is 0.119 e. The molecule has 0 aliphatic heterocycles. The summed E-state index contributed by atoms with van der Waals surface area (Å²) in [6, 6.07) is 61.3. The lowest BCUT2D eigenvalue weighted by molar-refractivity contribution is 0.233. The van der Waals surface area contributed by atoms with Gasteiger partial charge in [0.05, 0.1) is 48.8 Å². The van der Waals surface area contributed by atoms with E-state index in [1.165, 1.54) is 77.0 Å². The van der Waals surface area contributed by atoms with Crippen molar-refractivity contribution in [2.24, 2.45) is 23.7 Å². The van der Waals surface area contributed by atoms with E-state index in [9.17, 15) is 0 Å². The number of ether oxygens (including phenoxy) is 4. The van der Waals surface area contributed by atoms with E-state index in [1.54, 1.807) is 0 Å². The summed E-state index contributed by atoms with van der Waals surface area (Å²) >= 11 is 0. The van der Waals surface area contributed by atoms with Gasteiger partial charge in [0, 0.05) is 21.9 Å². The Bertz CT molecular complexity index is 3100. The fraction of sp³-hybridized carbons (Fsp3) is 0.400. The van der Waals surface area contributed by atoms with Gasteiger partial charge in [-0.15, -0.1) is 0 Å². The first-order valence-electron chi connectivity index (χ1n) is 33.2. The fourth-order valence-electron chi connectivity index (χ4n) is 11.7. The van der Waals surface area contributed by atoms with Crippen molar-refractivity contribution in [1.82, 2.24) is 9.97 Å². The van der Waals surface area contributed by atoms with Gasteiger partial charge in [0.25, 0.3) is 0 Å². The van der Waals surface area contributed by atoms with E-state index in [-0.39, 0.29) is 0 Å². The molecule has 86 heavy (non-hydrogen) atoms. The topological polar surface area (TPSA) is 62.7 Å². The molecular formula is C80H96N2O4. The van der Waals surface area contributed by atoms with E-state index < -0.39 is 0 Å². The van der Waals surface area contributed by atoms with E-state index in [0.29, 0.717) is 23.7 Å². The molecule has 0 aliphatic rings. The third-order valence-corrected chi connectivity index (χ3v) is 17.8. The highest BCUT2D eigenvalue weighted by molar-refractivity contribution is 6.04. The van der Waals surface area contributed by atoms with Crippen molar-refractivity contribution in [1.29, 1.82) is 0 Å². The first-order valence-corrected chi connectivity index (χ1v) is 33.2. The predicted molar refractivity (Wildman–Crippen MR) is 365 cm³/mol. The molecule has 7 aromatic carbocycles. The third-order valence-electron chi connectivity index (χ3n) is 17.8. The molecule has 2 aromatic heterocycles. The maximum Gasteiger partial charge on any atom is 0.119 e. The predicted octanol–water partition coefficient (Wildman–Crippen LogP) is 23.2. The van der Waals surface area contributed by atoms with Gasteiger partial charge < -0.3 is 18.9 Å². The molecule has 0 saturated heterocycles.